The van der Waals surface area contributed by atoms with Crippen molar-refractivity contribution in [2.24, 2.45) is 5.92 Å². The van der Waals surface area contributed by atoms with Gasteiger partial charge in [0.25, 0.3) is 0 Å². The van der Waals surface area contributed by atoms with E-state index in [9.17, 15) is 4.79 Å². The molecule has 0 aromatic heterocycles. The van der Waals surface area contributed by atoms with Gasteiger partial charge in [0, 0.05) is 16.9 Å². The average molecular weight is 488 g/mol. The van der Waals surface area contributed by atoms with E-state index in [2.05, 4.69) is 16.7 Å². The van der Waals surface area contributed by atoms with Crippen molar-refractivity contribution in [3.8, 4) is 11.5 Å². The molecule has 1 amide bonds. The number of ether oxygens (including phenoxy) is 2. The van der Waals surface area contributed by atoms with Crippen molar-refractivity contribution in [1.82, 2.24) is 5.32 Å². The minimum absolute atomic E-state index is 0.148. The van der Waals surface area contributed by atoms with Gasteiger partial charge in [-0.1, -0.05) is 47.5 Å². The smallest absolute Gasteiger partial charge is 0.236 e. The average Bonchev–Trinajstić information content (AvgIpc) is 2.81. The zero-order valence-corrected chi connectivity index (χ0v) is 21.3. The molecule has 3 aromatic carbocycles. The Balaban J connectivity index is 1.64. The highest BCUT2D eigenvalue weighted by Crippen LogP contribution is 2.52. The number of hydrogen-bond donors (Lipinski definition) is 2. The Morgan fingerprint density at radius 1 is 1.09 bits per heavy atom. The number of benzene rings is 3. The first kappa shape index (κ1) is 23.2. The van der Waals surface area contributed by atoms with E-state index >= 15 is 0 Å². The molecule has 7 heteroatoms. The van der Waals surface area contributed by atoms with Crippen LogP contribution in [0.15, 0.2) is 60.7 Å². The molecule has 1 fully saturated rings. The number of amides is 1. The molecular weight excluding hydrogens is 458 g/mol. The molecule has 6 nitrogen and oxygen atoms in total. The zero-order valence-electron chi connectivity index (χ0n) is 20.5. The summed E-state index contributed by atoms with van der Waals surface area (Å²) >= 11 is 5.83. The lowest BCUT2D eigenvalue weighted by Gasteiger charge is -2.56. The van der Waals surface area contributed by atoms with E-state index < -0.39 is 11.6 Å². The lowest BCUT2D eigenvalue weighted by molar-refractivity contribution is -0.130. The SMILES string of the molecule is COc1cccc2c1O[C@@]1(C)[C@@H](C(=O)Nc3ccc(C)cc3C)[C@H]2NC(=S)N1c1ccc(C)cc1. The van der Waals surface area contributed by atoms with Gasteiger partial charge in [-0.05, 0) is 69.7 Å². The van der Waals surface area contributed by atoms with Crippen molar-refractivity contribution in [3.05, 3.63) is 82.9 Å². The number of carbonyl (C=O) groups is 1. The van der Waals surface area contributed by atoms with Gasteiger partial charge < -0.3 is 20.1 Å². The second kappa shape index (κ2) is 8.57. The summed E-state index contributed by atoms with van der Waals surface area (Å²) in [4.78, 5) is 15.9. The number of nitrogens with zero attached hydrogens (tertiary/aromatic N) is 1. The lowest BCUT2D eigenvalue weighted by Crippen LogP contribution is -2.72. The van der Waals surface area contributed by atoms with Crippen LogP contribution >= 0.6 is 12.2 Å². The molecule has 0 saturated carbocycles. The third-order valence-corrected chi connectivity index (χ3v) is 7.22. The standard InChI is InChI=1S/C28H29N3O3S/c1-16-9-12-19(13-10-16)31-27(35)30-24-20-7-6-8-22(33-5)25(20)34-28(31,4)23(24)26(32)29-21-14-11-17(2)15-18(21)3/h6-15,23-24H,1-5H3,(H,29,32)(H,30,35)/t23-,24+,28+/m1/s1. The van der Waals surface area contributed by atoms with Gasteiger partial charge in [0.2, 0.25) is 5.91 Å². The van der Waals surface area contributed by atoms with Crippen LogP contribution in [0.3, 0.4) is 0 Å². The van der Waals surface area contributed by atoms with Crippen LogP contribution in [0, 0.1) is 26.7 Å². The number of thiocarbonyl (C=S) groups is 1. The number of methoxy groups -OCH3 is 1. The van der Waals surface area contributed by atoms with E-state index in [-0.39, 0.29) is 11.9 Å². The maximum atomic E-state index is 14.0. The van der Waals surface area contributed by atoms with Crippen LogP contribution in [0.5, 0.6) is 11.5 Å². The third kappa shape index (κ3) is 3.80. The first-order chi connectivity index (χ1) is 16.7. The Hall–Kier alpha value is -3.58. The number of para-hydroxylation sites is 1. The molecule has 2 aliphatic rings. The van der Waals surface area contributed by atoms with E-state index in [1.165, 1.54) is 0 Å². The van der Waals surface area contributed by atoms with Gasteiger partial charge in [0.1, 0.15) is 5.92 Å². The molecule has 3 atom stereocenters. The fourth-order valence-electron chi connectivity index (χ4n) is 5.18. The highest BCUT2D eigenvalue weighted by atomic mass is 32.1. The van der Waals surface area contributed by atoms with Crippen molar-refractivity contribution < 1.29 is 14.3 Å². The van der Waals surface area contributed by atoms with E-state index in [0.717, 1.165) is 33.6 Å². The lowest BCUT2D eigenvalue weighted by atomic mass is 9.78. The summed E-state index contributed by atoms with van der Waals surface area (Å²) in [6.07, 6.45) is 0. The van der Waals surface area contributed by atoms with Crippen molar-refractivity contribution in [1.29, 1.82) is 0 Å². The number of fused-ring (bicyclic) bond motifs is 4. The molecule has 5 rings (SSSR count). The molecule has 0 spiro atoms. The van der Waals surface area contributed by atoms with Crippen LogP contribution in [-0.2, 0) is 4.79 Å². The maximum Gasteiger partial charge on any atom is 0.236 e. The van der Waals surface area contributed by atoms with Gasteiger partial charge in [-0.3, -0.25) is 9.69 Å². The topological polar surface area (TPSA) is 62.8 Å². The normalized spacial score (nSPS) is 22.5. The second-order valence-electron chi connectivity index (χ2n) is 9.42. The molecule has 2 heterocycles. The molecule has 2 aliphatic heterocycles. The van der Waals surface area contributed by atoms with Gasteiger partial charge in [-0.25, -0.2) is 0 Å². The first-order valence-corrected chi connectivity index (χ1v) is 12.0. The number of anilines is 2. The molecular formula is C28H29N3O3S. The van der Waals surface area contributed by atoms with Crippen molar-refractivity contribution >= 4 is 34.6 Å². The predicted molar refractivity (Wildman–Crippen MR) is 142 cm³/mol. The number of nitrogens with one attached hydrogen (secondary N) is 2. The van der Waals surface area contributed by atoms with Crippen LogP contribution in [0.4, 0.5) is 11.4 Å². The highest BCUT2D eigenvalue weighted by molar-refractivity contribution is 7.80. The molecule has 180 valence electrons. The fourth-order valence-corrected chi connectivity index (χ4v) is 5.59. The number of rotatable bonds is 4. The zero-order chi connectivity index (χ0) is 24.9. The van der Waals surface area contributed by atoms with Gasteiger partial charge >= 0.3 is 0 Å². The second-order valence-corrected chi connectivity index (χ2v) is 9.81. The Morgan fingerprint density at radius 3 is 2.49 bits per heavy atom. The summed E-state index contributed by atoms with van der Waals surface area (Å²) in [6, 6.07) is 19.4. The Bertz CT molecular complexity index is 1320. The van der Waals surface area contributed by atoms with Gasteiger partial charge in [0.05, 0.1) is 13.2 Å². The van der Waals surface area contributed by atoms with E-state index in [1.807, 2.05) is 87.2 Å². The Morgan fingerprint density at radius 2 is 1.80 bits per heavy atom. The number of hydrogen-bond acceptors (Lipinski definition) is 4. The van der Waals surface area contributed by atoms with E-state index in [1.54, 1.807) is 7.11 Å². The third-order valence-electron chi connectivity index (χ3n) is 6.92. The molecule has 35 heavy (non-hydrogen) atoms. The Kier molecular flexibility index (Phi) is 5.68. The van der Waals surface area contributed by atoms with Gasteiger partial charge in [0.15, 0.2) is 22.3 Å². The van der Waals surface area contributed by atoms with Gasteiger partial charge in [-0.15, -0.1) is 0 Å². The fraction of sp³-hybridized carbons (Fsp3) is 0.286. The van der Waals surface area contributed by atoms with Crippen molar-refractivity contribution in [3.63, 3.8) is 0 Å². The maximum absolute atomic E-state index is 14.0. The molecule has 2 N–H and O–H groups in total. The monoisotopic (exact) mass is 487 g/mol. The van der Waals surface area contributed by atoms with Crippen LogP contribution in [0.25, 0.3) is 0 Å². The van der Waals surface area contributed by atoms with Crippen LogP contribution < -0.4 is 25.0 Å². The highest BCUT2D eigenvalue weighted by Gasteiger charge is 2.59. The molecule has 3 aromatic rings. The summed E-state index contributed by atoms with van der Waals surface area (Å²) in [5, 5.41) is 7.11. The summed E-state index contributed by atoms with van der Waals surface area (Å²) in [5.41, 5.74) is 4.64. The summed E-state index contributed by atoms with van der Waals surface area (Å²) < 4.78 is 12.3. The molecule has 0 unspecified atom stereocenters. The predicted octanol–water partition coefficient (Wildman–Crippen LogP) is 5.42. The largest absolute Gasteiger partial charge is 0.493 e. The summed E-state index contributed by atoms with van der Waals surface area (Å²) in [7, 11) is 1.62. The minimum Gasteiger partial charge on any atom is -0.493 e. The number of carbonyl (C=O) groups excluding carboxylic acids is 1. The van der Waals surface area contributed by atoms with Crippen LogP contribution in [0.1, 0.15) is 35.2 Å². The van der Waals surface area contributed by atoms with E-state index in [4.69, 9.17) is 21.7 Å². The van der Waals surface area contributed by atoms with Crippen LogP contribution in [0.2, 0.25) is 0 Å². The molecule has 1 saturated heterocycles. The quantitative estimate of drug-likeness (QED) is 0.479. The minimum atomic E-state index is -1.10. The van der Waals surface area contributed by atoms with Crippen molar-refractivity contribution in [2.45, 2.75) is 39.5 Å². The molecule has 2 bridgehead atoms. The first-order valence-electron chi connectivity index (χ1n) is 11.6. The summed E-state index contributed by atoms with van der Waals surface area (Å²) in [6.45, 7) is 7.99. The van der Waals surface area contributed by atoms with Crippen molar-refractivity contribution in [2.75, 3.05) is 17.3 Å². The molecule has 0 radical (unpaired) electrons. The van der Waals surface area contributed by atoms with Gasteiger partial charge in [-0.2, -0.15) is 0 Å². The van der Waals surface area contributed by atoms with Crippen LogP contribution in [-0.4, -0.2) is 23.9 Å². The number of aryl methyl sites for hydroxylation is 3. The molecule has 0 aliphatic carbocycles. The van der Waals surface area contributed by atoms with E-state index in [0.29, 0.717) is 16.6 Å². The summed E-state index contributed by atoms with van der Waals surface area (Å²) in [5.74, 6) is 0.469. The Labute approximate surface area is 211 Å².